The fourth-order valence-corrected chi connectivity index (χ4v) is 5.68. The molecule has 0 saturated heterocycles. The molecule has 0 aliphatic heterocycles. The molecule has 4 aromatic rings. The number of aliphatic imine (C=N–C) groups is 1. The van der Waals surface area contributed by atoms with Crippen LogP contribution in [0.1, 0.15) is 78.1 Å². The van der Waals surface area contributed by atoms with Crippen molar-refractivity contribution in [2.75, 3.05) is 11.9 Å². The van der Waals surface area contributed by atoms with Gasteiger partial charge in [0.25, 0.3) is 5.91 Å². The van der Waals surface area contributed by atoms with E-state index < -0.39 is 47.5 Å². The fraction of sp³-hybridized carbons (Fsp3) is 0.297. The molecule has 1 fully saturated rings. The molecule has 1 aliphatic carbocycles. The molecule has 1 heterocycles. The Labute approximate surface area is 291 Å². The molecule has 3 aromatic carbocycles. The molecular formula is C37H37F4N5O5. The van der Waals surface area contributed by atoms with Crippen LogP contribution in [0.3, 0.4) is 0 Å². The van der Waals surface area contributed by atoms with Gasteiger partial charge in [0.2, 0.25) is 6.29 Å². The zero-order valence-corrected chi connectivity index (χ0v) is 28.1. The number of esters is 1. The molecule has 268 valence electrons. The monoisotopic (exact) mass is 707 g/mol. The van der Waals surface area contributed by atoms with Gasteiger partial charge in [0.1, 0.15) is 17.3 Å². The number of rotatable bonds is 12. The number of alkyl halides is 3. The van der Waals surface area contributed by atoms with Crippen molar-refractivity contribution in [2.24, 2.45) is 16.6 Å². The molecule has 0 spiro atoms. The number of nitrogens with two attached hydrogens (primary N) is 1. The molecular weight excluding hydrogens is 670 g/mol. The van der Waals surface area contributed by atoms with E-state index in [1.807, 2.05) is 30.3 Å². The van der Waals surface area contributed by atoms with Crippen molar-refractivity contribution in [1.29, 1.82) is 0 Å². The summed E-state index contributed by atoms with van der Waals surface area (Å²) in [4.78, 5) is 40.9. The summed E-state index contributed by atoms with van der Waals surface area (Å²) in [6.07, 6.45) is -5.16. The number of aromatic nitrogens is 1. The molecule has 1 aromatic heterocycles. The lowest BCUT2D eigenvalue weighted by atomic mass is 9.97. The van der Waals surface area contributed by atoms with Crippen LogP contribution in [0.4, 0.5) is 28.0 Å². The SMILES string of the molecule is CCc1c(C(F)(F)F)cc(C(=O)Nc2cc(C(NCC3CC3)c3ccccc3)ccc2F)n1-c1cccc(C(N)=NC(=O)OC(C)OC(C)=O)c1. The van der Waals surface area contributed by atoms with Crippen LogP contribution < -0.4 is 16.4 Å². The van der Waals surface area contributed by atoms with Crippen molar-refractivity contribution in [3.05, 3.63) is 118 Å². The quantitative estimate of drug-likeness (QED) is 0.0463. The second kappa shape index (κ2) is 15.6. The predicted octanol–water partition coefficient (Wildman–Crippen LogP) is 7.29. The van der Waals surface area contributed by atoms with Crippen LogP contribution in [-0.2, 0) is 26.9 Å². The maximum atomic E-state index is 15.3. The van der Waals surface area contributed by atoms with Crippen molar-refractivity contribution in [1.82, 2.24) is 9.88 Å². The number of hydrogen-bond donors (Lipinski definition) is 3. The minimum Gasteiger partial charge on any atom is -0.426 e. The fourth-order valence-electron chi connectivity index (χ4n) is 5.68. The van der Waals surface area contributed by atoms with Crippen LogP contribution in [0.5, 0.6) is 0 Å². The number of hydrogen-bond acceptors (Lipinski definition) is 6. The molecule has 2 amide bonds. The van der Waals surface area contributed by atoms with Crippen molar-refractivity contribution in [3.63, 3.8) is 0 Å². The lowest BCUT2D eigenvalue weighted by Crippen LogP contribution is -2.25. The summed E-state index contributed by atoms with van der Waals surface area (Å²) in [6, 6.07) is 19.9. The first-order valence-corrected chi connectivity index (χ1v) is 16.3. The number of nitrogens with zero attached hydrogens (tertiary/aromatic N) is 2. The van der Waals surface area contributed by atoms with Gasteiger partial charge < -0.3 is 30.4 Å². The van der Waals surface area contributed by atoms with Gasteiger partial charge in [0.05, 0.1) is 17.3 Å². The third kappa shape index (κ3) is 9.19. The Morgan fingerprint density at radius 2 is 1.71 bits per heavy atom. The van der Waals surface area contributed by atoms with E-state index in [0.29, 0.717) is 11.5 Å². The first-order chi connectivity index (χ1) is 24.2. The molecule has 4 N–H and O–H groups in total. The maximum Gasteiger partial charge on any atom is 0.438 e. The summed E-state index contributed by atoms with van der Waals surface area (Å²) in [5.74, 6) is -2.26. The molecule has 10 nitrogen and oxygen atoms in total. The van der Waals surface area contributed by atoms with Crippen LogP contribution in [0.15, 0.2) is 83.9 Å². The van der Waals surface area contributed by atoms with Crippen molar-refractivity contribution in [3.8, 4) is 5.69 Å². The maximum absolute atomic E-state index is 15.3. The number of anilines is 1. The molecule has 5 rings (SSSR count). The second-order valence-electron chi connectivity index (χ2n) is 12.1. The summed E-state index contributed by atoms with van der Waals surface area (Å²) in [5, 5.41) is 6.02. The highest BCUT2D eigenvalue weighted by molar-refractivity contribution is 6.05. The van der Waals surface area contributed by atoms with Crippen LogP contribution >= 0.6 is 0 Å². The molecule has 14 heteroatoms. The first kappa shape index (κ1) is 36.8. The number of halogens is 4. The van der Waals surface area contributed by atoms with Crippen molar-refractivity contribution < 1.29 is 41.4 Å². The Balaban J connectivity index is 1.50. The van der Waals surface area contributed by atoms with Gasteiger partial charge in [-0.2, -0.15) is 18.2 Å². The van der Waals surface area contributed by atoms with Gasteiger partial charge in [-0.25, -0.2) is 9.18 Å². The van der Waals surface area contributed by atoms with Gasteiger partial charge in [-0.3, -0.25) is 9.59 Å². The van der Waals surface area contributed by atoms with Gasteiger partial charge >= 0.3 is 18.2 Å². The number of amidine groups is 1. The Morgan fingerprint density at radius 3 is 2.35 bits per heavy atom. The average molecular weight is 708 g/mol. The van der Waals surface area contributed by atoms with Crippen LogP contribution in [-0.4, -0.2) is 41.2 Å². The predicted molar refractivity (Wildman–Crippen MR) is 182 cm³/mol. The molecule has 0 bridgehead atoms. The Kier molecular flexibility index (Phi) is 11.2. The zero-order valence-electron chi connectivity index (χ0n) is 28.1. The minimum atomic E-state index is -4.83. The molecule has 51 heavy (non-hydrogen) atoms. The van der Waals surface area contributed by atoms with E-state index in [-0.39, 0.29) is 40.9 Å². The van der Waals surface area contributed by atoms with Gasteiger partial charge in [-0.15, -0.1) is 0 Å². The normalized spacial score (nSPS) is 14.5. The lowest BCUT2D eigenvalue weighted by molar-refractivity contribution is -0.161. The summed E-state index contributed by atoms with van der Waals surface area (Å²) >= 11 is 0. The first-order valence-electron chi connectivity index (χ1n) is 16.3. The largest absolute Gasteiger partial charge is 0.438 e. The number of benzene rings is 3. The van der Waals surface area contributed by atoms with E-state index in [0.717, 1.165) is 42.5 Å². The second-order valence-corrected chi connectivity index (χ2v) is 12.1. The minimum absolute atomic E-state index is 0.0902. The molecule has 1 aliphatic rings. The van der Waals surface area contributed by atoms with Gasteiger partial charge in [0.15, 0.2) is 0 Å². The Bertz CT molecular complexity index is 1940. The standard InChI is InChI=1S/C37H37F4N5O5/c1-4-31-28(37(39,40)41)19-32(46(31)27-12-8-11-26(17-27)34(42)45-36(49)51-22(3)50-21(2)47)35(48)44-30-18-25(15-16-29(30)38)33(43-20-23-13-14-23)24-9-6-5-7-10-24/h5-12,15-19,22-23,33,43H,4,13-14,20H2,1-3H3,(H,44,48)(H2,42,45,49). The molecule has 0 radical (unpaired) electrons. The van der Waals surface area contributed by atoms with Crippen LogP contribution in [0, 0.1) is 11.7 Å². The number of nitrogens with one attached hydrogen (secondary N) is 2. The topological polar surface area (TPSA) is 137 Å². The highest BCUT2D eigenvalue weighted by Gasteiger charge is 2.38. The average Bonchev–Trinajstić information content (AvgIpc) is 3.81. The van der Waals surface area contributed by atoms with E-state index >= 15 is 4.39 Å². The van der Waals surface area contributed by atoms with Crippen LogP contribution in [0.25, 0.3) is 5.69 Å². The summed E-state index contributed by atoms with van der Waals surface area (Å²) < 4.78 is 69.0. The molecule has 1 saturated carbocycles. The summed E-state index contributed by atoms with van der Waals surface area (Å²) in [5.41, 5.74) is 5.90. The molecule has 2 unspecified atom stereocenters. The Morgan fingerprint density at radius 1 is 0.980 bits per heavy atom. The number of amides is 2. The number of carbonyl (C=O) groups excluding carboxylic acids is 3. The summed E-state index contributed by atoms with van der Waals surface area (Å²) in [7, 11) is 0. The van der Waals surface area contributed by atoms with Crippen molar-refractivity contribution >= 4 is 29.5 Å². The zero-order chi connectivity index (χ0) is 36.9. The van der Waals surface area contributed by atoms with E-state index in [1.54, 1.807) is 6.07 Å². The third-order valence-corrected chi connectivity index (χ3v) is 8.20. The van der Waals surface area contributed by atoms with E-state index in [9.17, 15) is 27.6 Å². The Hall–Kier alpha value is -5.50. The van der Waals surface area contributed by atoms with Crippen LogP contribution in [0.2, 0.25) is 0 Å². The third-order valence-electron chi connectivity index (χ3n) is 8.20. The van der Waals surface area contributed by atoms with E-state index in [4.69, 9.17) is 15.2 Å². The van der Waals surface area contributed by atoms with Gasteiger partial charge in [-0.1, -0.05) is 55.5 Å². The van der Waals surface area contributed by atoms with Gasteiger partial charge in [0, 0.05) is 30.8 Å². The lowest BCUT2D eigenvalue weighted by Gasteiger charge is -2.21. The van der Waals surface area contributed by atoms with Crippen molar-refractivity contribution in [2.45, 2.75) is 58.5 Å². The molecule has 2 atom stereocenters. The van der Waals surface area contributed by atoms with E-state index in [2.05, 4.69) is 15.6 Å². The summed E-state index contributed by atoms with van der Waals surface area (Å²) in [6.45, 7) is 4.67. The highest BCUT2D eigenvalue weighted by Crippen LogP contribution is 2.37. The number of carbonyl (C=O) groups is 3. The van der Waals surface area contributed by atoms with Gasteiger partial charge in [-0.05, 0) is 73.2 Å². The highest BCUT2D eigenvalue weighted by atomic mass is 19.4. The number of ether oxygens (including phenoxy) is 2. The van der Waals surface area contributed by atoms with E-state index in [1.165, 1.54) is 50.2 Å². The smallest absolute Gasteiger partial charge is 0.426 e.